The second kappa shape index (κ2) is 7.50. The molecule has 3 N–H and O–H groups in total. The van der Waals surface area contributed by atoms with Gasteiger partial charge in [0.1, 0.15) is 6.10 Å². The summed E-state index contributed by atoms with van der Waals surface area (Å²) in [5.74, 6) is 1.41. The quantitative estimate of drug-likeness (QED) is 0.813. The van der Waals surface area contributed by atoms with Crippen LogP contribution in [-0.4, -0.2) is 23.9 Å². The van der Waals surface area contributed by atoms with Gasteiger partial charge in [-0.15, -0.1) is 0 Å². The predicted octanol–water partition coefficient (Wildman–Crippen LogP) is 2.62. The maximum absolute atomic E-state index is 10.2. The van der Waals surface area contributed by atoms with Crippen LogP contribution >= 0.6 is 0 Å². The molecule has 4 nitrogen and oxygen atoms in total. The summed E-state index contributed by atoms with van der Waals surface area (Å²) in [6.45, 7) is 2.93. The number of ether oxygens (including phenoxy) is 2. The van der Waals surface area contributed by atoms with E-state index in [-0.39, 0.29) is 6.10 Å². The number of nitrogens with two attached hydrogens (primary N) is 1. The van der Waals surface area contributed by atoms with Gasteiger partial charge in [-0.2, -0.15) is 0 Å². The van der Waals surface area contributed by atoms with E-state index in [0.717, 1.165) is 37.7 Å². The number of hydrogen-bond acceptors (Lipinski definition) is 4. The molecule has 0 bridgehead atoms. The fraction of sp³-hybridized carbons (Fsp3) is 0.625. The van der Waals surface area contributed by atoms with Crippen LogP contribution in [0.4, 0.5) is 0 Å². The first-order valence-corrected chi connectivity index (χ1v) is 7.55. The molecule has 0 amide bonds. The zero-order chi connectivity index (χ0) is 14.4. The second-order valence-electron chi connectivity index (χ2n) is 5.24. The van der Waals surface area contributed by atoms with Crippen LogP contribution in [0, 0.1) is 0 Å². The molecule has 1 saturated carbocycles. The van der Waals surface area contributed by atoms with Crippen LogP contribution in [0.25, 0.3) is 0 Å². The molecular formula is C16H25NO3. The molecule has 0 saturated heterocycles. The van der Waals surface area contributed by atoms with Crippen molar-refractivity contribution in [2.75, 3.05) is 6.61 Å². The Morgan fingerprint density at radius 3 is 2.80 bits per heavy atom. The van der Waals surface area contributed by atoms with Crippen LogP contribution in [0.15, 0.2) is 18.2 Å². The van der Waals surface area contributed by atoms with Crippen molar-refractivity contribution in [3.8, 4) is 11.5 Å². The zero-order valence-electron chi connectivity index (χ0n) is 12.2. The van der Waals surface area contributed by atoms with Gasteiger partial charge in [0.15, 0.2) is 11.5 Å². The molecule has 1 aliphatic rings. The van der Waals surface area contributed by atoms with E-state index in [1.807, 2.05) is 25.1 Å². The predicted molar refractivity (Wildman–Crippen MR) is 79.0 cm³/mol. The fourth-order valence-electron chi connectivity index (χ4n) is 2.67. The van der Waals surface area contributed by atoms with E-state index in [9.17, 15) is 5.11 Å². The Bertz CT molecular complexity index is 422. The van der Waals surface area contributed by atoms with Crippen LogP contribution in [0.3, 0.4) is 0 Å². The third-order valence-electron chi connectivity index (χ3n) is 3.77. The second-order valence-corrected chi connectivity index (χ2v) is 5.24. The number of rotatable bonds is 5. The summed E-state index contributed by atoms with van der Waals surface area (Å²) in [4.78, 5) is 0. The van der Waals surface area contributed by atoms with E-state index in [2.05, 4.69) is 0 Å². The van der Waals surface area contributed by atoms with Crippen LogP contribution in [0.2, 0.25) is 0 Å². The Labute approximate surface area is 120 Å². The highest BCUT2D eigenvalue weighted by Gasteiger charge is 2.25. The lowest BCUT2D eigenvalue weighted by Gasteiger charge is -2.25. The largest absolute Gasteiger partial charge is 0.490 e. The average Bonchev–Trinajstić information content (AvgIpc) is 2.66. The summed E-state index contributed by atoms with van der Waals surface area (Å²) < 4.78 is 11.7. The normalized spacial score (nSPS) is 23.1. The van der Waals surface area contributed by atoms with Crippen molar-refractivity contribution < 1.29 is 14.6 Å². The van der Waals surface area contributed by atoms with Gasteiger partial charge >= 0.3 is 0 Å². The minimum absolute atomic E-state index is 0.163. The third kappa shape index (κ3) is 3.64. The van der Waals surface area contributed by atoms with Gasteiger partial charge < -0.3 is 20.3 Å². The monoisotopic (exact) mass is 279 g/mol. The first-order valence-electron chi connectivity index (χ1n) is 7.55. The average molecular weight is 279 g/mol. The molecule has 0 radical (unpaired) electrons. The molecule has 2 rings (SSSR count). The van der Waals surface area contributed by atoms with Gasteiger partial charge in [-0.05, 0) is 32.3 Å². The van der Waals surface area contributed by atoms with E-state index in [0.29, 0.717) is 24.7 Å². The molecule has 0 aliphatic heterocycles. The van der Waals surface area contributed by atoms with Crippen LogP contribution < -0.4 is 15.2 Å². The summed E-state index contributed by atoms with van der Waals surface area (Å²) in [7, 11) is 0. The number of aliphatic hydroxyl groups excluding tert-OH is 1. The molecule has 112 valence electrons. The summed E-state index contributed by atoms with van der Waals surface area (Å²) in [6, 6.07) is 5.76. The topological polar surface area (TPSA) is 64.7 Å². The highest BCUT2D eigenvalue weighted by Crippen LogP contribution is 2.34. The highest BCUT2D eigenvalue weighted by molar-refractivity contribution is 5.46. The van der Waals surface area contributed by atoms with Gasteiger partial charge in [0.2, 0.25) is 0 Å². The van der Waals surface area contributed by atoms with Crippen LogP contribution in [-0.2, 0) is 6.54 Å². The summed E-state index contributed by atoms with van der Waals surface area (Å²) in [5, 5.41) is 10.2. The molecule has 20 heavy (non-hydrogen) atoms. The minimum atomic E-state index is -0.405. The Hall–Kier alpha value is -1.26. The van der Waals surface area contributed by atoms with Crippen LogP contribution in [0.1, 0.15) is 44.6 Å². The molecule has 2 atom stereocenters. The number of para-hydroxylation sites is 1. The molecule has 1 aliphatic carbocycles. The van der Waals surface area contributed by atoms with E-state index < -0.39 is 6.10 Å². The van der Waals surface area contributed by atoms with Crippen molar-refractivity contribution in [1.82, 2.24) is 0 Å². The first-order chi connectivity index (χ1) is 9.76. The lowest BCUT2D eigenvalue weighted by molar-refractivity contribution is 0.0296. The molecule has 0 heterocycles. The van der Waals surface area contributed by atoms with Gasteiger partial charge in [0.25, 0.3) is 0 Å². The zero-order valence-corrected chi connectivity index (χ0v) is 12.2. The van der Waals surface area contributed by atoms with Crippen molar-refractivity contribution in [1.29, 1.82) is 0 Å². The molecule has 1 aromatic carbocycles. The molecular weight excluding hydrogens is 254 g/mol. The number of hydrogen-bond donors (Lipinski definition) is 2. The van der Waals surface area contributed by atoms with E-state index in [1.54, 1.807) is 0 Å². The standard InChI is InChI=1S/C16H25NO3/c1-2-19-15-10-6-7-12(11-17)16(15)20-14-9-5-3-4-8-13(14)18/h6-7,10,13-14,18H,2-5,8-9,11,17H2,1H3. The van der Waals surface area contributed by atoms with Crippen molar-refractivity contribution >= 4 is 0 Å². The molecule has 2 unspecified atom stereocenters. The molecule has 0 spiro atoms. The Balaban J connectivity index is 2.21. The van der Waals surface area contributed by atoms with Crippen molar-refractivity contribution in [3.63, 3.8) is 0 Å². The summed E-state index contributed by atoms with van der Waals surface area (Å²) >= 11 is 0. The van der Waals surface area contributed by atoms with Gasteiger partial charge in [-0.25, -0.2) is 0 Å². The maximum Gasteiger partial charge on any atom is 0.166 e. The van der Waals surface area contributed by atoms with Gasteiger partial charge in [-0.1, -0.05) is 25.0 Å². The SMILES string of the molecule is CCOc1cccc(CN)c1OC1CCCCCC1O. The lowest BCUT2D eigenvalue weighted by atomic mass is 10.1. The third-order valence-corrected chi connectivity index (χ3v) is 3.77. The molecule has 4 heteroatoms. The molecule has 1 aromatic rings. The Kier molecular flexibility index (Phi) is 5.68. The number of benzene rings is 1. The molecule has 0 aromatic heterocycles. The lowest BCUT2D eigenvalue weighted by Crippen LogP contribution is -2.31. The van der Waals surface area contributed by atoms with Crippen molar-refractivity contribution in [2.24, 2.45) is 5.73 Å². The van der Waals surface area contributed by atoms with Crippen molar-refractivity contribution in [2.45, 2.75) is 57.8 Å². The highest BCUT2D eigenvalue weighted by atomic mass is 16.5. The Morgan fingerprint density at radius 1 is 1.25 bits per heavy atom. The smallest absolute Gasteiger partial charge is 0.166 e. The van der Waals surface area contributed by atoms with E-state index >= 15 is 0 Å². The molecule has 1 fully saturated rings. The van der Waals surface area contributed by atoms with E-state index in [4.69, 9.17) is 15.2 Å². The van der Waals surface area contributed by atoms with Gasteiger partial charge in [0, 0.05) is 12.1 Å². The van der Waals surface area contributed by atoms with Crippen molar-refractivity contribution in [3.05, 3.63) is 23.8 Å². The Morgan fingerprint density at radius 2 is 2.05 bits per heavy atom. The summed E-state index contributed by atoms with van der Waals surface area (Å²) in [5.41, 5.74) is 6.71. The maximum atomic E-state index is 10.2. The van der Waals surface area contributed by atoms with Gasteiger partial charge in [0.05, 0.1) is 12.7 Å². The van der Waals surface area contributed by atoms with Crippen LogP contribution in [0.5, 0.6) is 11.5 Å². The first kappa shape index (κ1) is 15.1. The number of aliphatic hydroxyl groups is 1. The van der Waals surface area contributed by atoms with E-state index in [1.165, 1.54) is 0 Å². The van der Waals surface area contributed by atoms with Gasteiger partial charge in [-0.3, -0.25) is 0 Å². The fourth-order valence-corrected chi connectivity index (χ4v) is 2.67. The minimum Gasteiger partial charge on any atom is -0.490 e. The summed E-state index contributed by atoms with van der Waals surface area (Å²) in [6.07, 6.45) is 4.44.